The van der Waals surface area contributed by atoms with Gasteiger partial charge >= 0.3 is 49.4 Å². The van der Waals surface area contributed by atoms with Gasteiger partial charge in [-0.15, -0.1) is 0 Å². The Labute approximate surface area is 136 Å². The molecule has 3 nitrogen and oxygen atoms in total. The van der Waals surface area contributed by atoms with Gasteiger partial charge in [0.15, 0.2) is 0 Å². The molecule has 3 N–H and O–H groups in total. The molecule has 0 aliphatic carbocycles. The fourth-order valence-electron chi connectivity index (χ4n) is 0.833. The number of nitrogens with one attached hydrogen (secondary N) is 3. The second-order valence-electron chi connectivity index (χ2n) is 2.65. The Morgan fingerprint density at radius 3 is 0.625 bits per heavy atom. The van der Waals surface area contributed by atoms with Gasteiger partial charge in [-0.25, -0.2) is 0 Å². The minimum Gasteiger partial charge on any atom is -0.368 e. The molecule has 0 fully saturated rings. The first-order valence-corrected chi connectivity index (χ1v) is 4.73. The third-order valence-corrected chi connectivity index (χ3v) is 1.49. The molecule has 0 amide bonds. The van der Waals surface area contributed by atoms with Gasteiger partial charge in [0.25, 0.3) is 0 Å². The molecule has 4 heteroatoms. The number of aromatic amines is 3. The van der Waals surface area contributed by atoms with Crippen molar-refractivity contribution >= 4 is 0 Å². The second-order valence-corrected chi connectivity index (χ2v) is 2.65. The van der Waals surface area contributed by atoms with E-state index in [1.807, 2.05) is 73.6 Å². The van der Waals surface area contributed by atoms with Crippen molar-refractivity contribution in [1.29, 1.82) is 0 Å². The molecule has 16 heavy (non-hydrogen) atoms. The SMILES string of the molecule is [Eu+3].c1cc[nH]c1.c1cc[nH]c1.c1cc[nH]c1. The van der Waals surface area contributed by atoms with E-state index in [0.29, 0.717) is 0 Å². The Balaban J connectivity index is 0.000000205. The van der Waals surface area contributed by atoms with Gasteiger partial charge in [-0.3, -0.25) is 0 Å². The van der Waals surface area contributed by atoms with E-state index in [-0.39, 0.29) is 49.4 Å². The van der Waals surface area contributed by atoms with Gasteiger partial charge in [0.2, 0.25) is 0 Å². The number of H-pyrrole nitrogens is 3. The monoisotopic (exact) mass is 354 g/mol. The van der Waals surface area contributed by atoms with Gasteiger partial charge in [0.1, 0.15) is 0 Å². The smallest absolute Gasteiger partial charge is 0.368 e. The van der Waals surface area contributed by atoms with E-state index in [1.54, 1.807) is 0 Å². The molecule has 0 radical (unpaired) electrons. The molecule has 0 aromatic carbocycles. The van der Waals surface area contributed by atoms with Gasteiger partial charge in [0.05, 0.1) is 0 Å². The molecule has 0 saturated carbocycles. The van der Waals surface area contributed by atoms with Gasteiger partial charge in [0, 0.05) is 37.2 Å². The first kappa shape index (κ1) is 15.4. The van der Waals surface area contributed by atoms with E-state index in [0.717, 1.165) is 0 Å². The van der Waals surface area contributed by atoms with E-state index < -0.39 is 0 Å². The first-order chi connectivity index (χ1) is 7.50. The predicted octanol–water partition coefficient (Wildman–Crippen LogP) is 3.04. The van der Waals surface area contributed by atoms with Crippen LogP contribution in [-0.4, -0.2) is 15.0 Å². The molecule has 0 saturated heterocycles. The van der Waals surface area contributed by atoms with Crippen LogP contribution in [-0.2, 0) is 0 Å². The quantitative estimate of drug-likeness (QED) is 0.557. The number of hydrogen-bond donors (Lipinski definition) is 3. The van der Waals surface area contributed by atoms with Crippen LogP contribution in [0.4, 0.5) is 0 Å². The van der Waals surface area contributed by atoms with Crippen LogP contribution in [0.1, 0.15) is 0 Å². The van der Waals surface area contributed by atoms with Crippen molar-refractivity contribution in [2.24, 2.45) is 0 Å². The van der Waals surface area contributed by atoms with Crippen LogP contribution >= 0.6 is 0 Å². The Morgan fingerprint density at radius 1 is 0.375 bits per heavy atom. The van der Waals surface area contributed by atoms with Crippen LogP contribution in [0.2, 0.25) is 0 Å². The maximum Gasteiger partial charge on any atom is 3.00 e. The third-order valence-electron chi connectivity index (χ3n) is 1.49. The maximum atomic E-state index is 2.86. The predicted molar refractivity (Wildman–Crippen MR) is 62.4 cm³/mol. The fraction of sp³-hybridized carbons (Fsp3) is 0. The van der Waals surface area contributed by atoms with E-state index in [2.05, 4.69) is 15.0 Å². The Kier molecular flexibility index (Phi) is 12.0. The molecule has 0 bridgehead atoms. The molecule has 0 aliphatic rings. The van der Waals surface area contributed by atoms with Gasteiger partial charge in [-0.05, 0) is 36.4 Å². The number of hydrogen-bond acceptors (Lipinski definition) is 0. The van der Waals surface area contributed by atoms with Crippen LogP contribution in [0.25, 0.3) is 0 Å². The maximum absolute atomic E-state index is 2.86. The van der Waals surface area contributed by atoms with Crippen molar-refractivity contribution in [3.63, 3.8) is 0 Å². The molecule has 3 rings (SSSR count). The van der Waals surface area contributed by atoms with Crippen LogP contribution in [0.15, 0.2) is 73.6 Å². The Hall–Kier alpha value is -0.576. The van der Waals surface area contributed by atoms with Crippen molar-refractivity contribution in [2.45, 2.75) is 0 Å². The minimum absolute atomic E-state index is 0. The minimum atomic E-state index is 0. The summed E-state index contributed by atoms with van der Waals surface area (Å²) in [6.45, 7) is 0. The van der Waals surface area contributed by atoms with Crippen molar-refractivity contribution < 1.29 is 49.4 Å². The summed E-state index contributed by atoms with van der Waals surface area (Å²) in [6.07, 6.45) is 11.2. The van der Waals surface area contributed by atoms with Crippen molar-refractivity contribution in [3.05, 3.63) is 73.6 Å². The van der Waals surface area contributed by atoms with Crippen LogP contribution in [0.3, 0.4) is 0 Å². The molecular weight excluding hydrogens is 338 g/mol. The molecule has 3 aromatic rings. The summed E-state index contributed by atoms with van der Waals surface area (Å²) in [4.78, 5) is 8.58. The molecule has 3 aromatic heterocycles. The zero-order chi connectivity index (χ0) is 10.6. The van der Waals surface area contributed by atoms with E-state index >= 15 is 0 Å². The topological polar surface area (TPSA) is 47.4 Å². The summed E-state index contributed by atoms with van der Waals surface area (Å²) in [6, 6.07) is 11.7. The van der Waals surface area contributed by atoms with Crippen LogP contribution in [0.5, 0.6) is 0 Å². The summed E-state index contributed by atoms with van der Waals surface area (Å²) in [7, 11) is 0. The standard InChI is InChI=1S/3C4H5N.Eu/c3*1-2-4-5-3-1;/h3*1-5H;/q;;;+3. The average molecular weight is 353 g/mol. The zero-order valence-electron chi connectivity index (χ0n) is 8.81. The number of rotatable bonds is 0. The van der Waals surface area contributed by atoms with Gasteiger partial charge in [-0.2, -0.15) is 0 Å². The number of aromatic nitrogens is 3. The summed E-state index contributed by atoms with van der Waals surface area (Å²) in [5.41, 5.74) is 0. The van der Waals surface area contributed by atoms with Gasteiger partial charge in [-0.1, -0.05) is 0 Å². The average Bonchev–Trinajstić information content (AvgIpc) is 3.09. The Morgan fingerprint density at radius 2 is 0.562 bits per heavy atom. The first-order valence-electron chi connectivity index (χ1n) is 4.73. The molecule has 0 atom stereocenters. The summed E-state index contributed by atoms with van der Waals surface area (Å²) >= 11 is 0. The molecule has 0 aliphatic heterocycles. The van der Waals surface area contributed by atoms with Crippen LogP contribution in [0, 0.1) is 49.4 Å². The normalized spacial score (nSPS) is 7.50. The molecule has 0 unspecified atom stereocenters. The van der Waals surface area contributed by atoms with Crippen molar-refractivity contribution in [3.8, 4) is 0 Å². The van der Waals surface area contributed by atoms with Crippen molar-refractivity contribution in [1.82, 2.24) is 15.0 Å². The van der Waals surface area contributed by atoms with Crippen molar-refractivity contribution in [2.75, 3.05) is 0 Å². The molecule has 82 valence electrons. The third kappa shape index (κ3) is 9.96. The largest absolute Gasteiger partial charge is 3.00 e. The summed E-state index contributed by atoms with van der Waals surface area (Å²) < 4.78 is 0. The molecular formula is C12H15EuN3+3. The summed E-state index contributed by atoms with van der Waals surface area (Å²) in [5, 5.41) is 0. The van der Waals surface area contributed by atoms with Gasteiger partial charge < -0.3 is 15.0 Å². The molecule has 0 spiro atoms. The Bertz CT molecular complexity index is 248. The van der Waals surface area contributed by atoms with E-state index in [1.165, 1.54) is 0 Å². The van der Waals surface area contributed by atoms with E-state index in [4.69, 9.17) is 0 Å². The molecule has 3 heterocycles. The second kappa shape index (κ2) is 12.5. The fourth-order valence-corrected chi connectivity index (χ4v) is 0.833. The summed E-state index contributed by atoms with van der Waals surface area (Å²) in [5.74, 6) is 0. The zero-order valence-corrected chi connectivity index (χ0v) is 11.2. The van der Waals surface area contributed by atoms with E-state index in [9.17, 15) is 0 Å². The van der Waals surface area contributed by atoms with Crippen LogP contribution < -0.4 is 0 Å².